The van der Waals surface area contributed by atoms with Gasteiger partial charge in [0.2, 0.25) is 0 Å². The molecule has 1 aromatic heterocycles. The predicted molar refractivity (Wildman–Crippen MR) is 105 cm³/mol. The molecule has 0 aliphatic rings. The average molecular weight is 368 g/mol. The highest BCUT2D eigenvalue weighted by molar-refractivity contribution is 6.30. The van der Waals surface area contributed by atoms with Crippen molar-refractivity contribution in [1.29, 1.82) is 0 Å². The van der Waals surface area contributed by atoms with E-state index in [2.05, 4.69) is 15.6 Å². The Morgan fingerprint density at radius 3 is 2.54 bits per heavy atom. The maximum atomic E-state index is 12.5. The molecule has 2 N–H and O–H groups in total. The number of nitrogens with zero attached hydrogens (tertiary/aromatic N) is 1. The molecule has 0 saturated carbocycles. The molecule has 3 rings (SSSR count). The van der Waals surface area contributed by atoms with Gasteiger partial charge in [-0.3, -0.25) is 9.78 Å². The van der Waals surface area contributed by atoms with Crippen molar-refractivity contribution in [2.45, 2.75) is 6.92 Å². The number of anilines is 3. The van der Waals surface area contributed by atoms with Gasteiger partial charge in [-0.1, -0.05) is 17.7 Å². The SMILES string of the molecule is COc1ccc(NC(=O)c2cncc(Nc3cc(Cl)ccc3C)c2)cc1. The third-order valence-electron chi connectivity index (χ3n) is 3.83. The molecule has 26 heavy (non-hydrogen) atoms. The van der Waals surface area contributed by atoms with E-state index in [1.54, 1.807) is 43.6 Å². The fourth-order valence-corrected chi connectivity index (χ4v) is 2.57. The first-order valence-electron chi connectivity index (χ1n) is 7.99. The molecule has 132 valence electrons. The van der Waals surface area contributed by atoms with Crippen molar-refractivity contribution in [3.8, 4) is 5.75 Å². The average Bonchev–Trinajstić information content (AvgIpc) is 2.65. The number of amides is 1. The molecule has 0 bridgehead atoms. The Labute approximate surface area is 157 Å². The van der Waals surface area contributed by atoms with Gasteiger partial charge in [0.05, 0.1) is 24.6 Å². The van der Waals surface area contributed by atoms with Crippen LogP contribution in [0.15, 0.2) is 60.9 Å². The molecular weight excluding hydrogens is 350 g/mol. The van der Waals surface area contributed by atoms with Crippen LogP contribution in [0.4, 0.5) is 17.1 Å². The third kappa shape index (κ3) is 4.32. The Balaban J connectivity index is 1.75. The Kier molecular flexibility index (Phi) is 5.39. The molecule has 0 radical (unpaired) electrons. The lowest BCUT2D eigenvalue weighted by Gasteiger charge is -2.11. The van der Waals surface area contributed by atoms with Crippen molar-refractivity contribution >= 4 is 34.6 Å². The van der Waals surface area contributed by atoms with Crippen LogP contribution in [0, 0.1) is 6.92 Å². The number of halogens is 1. The van der Waals surface area contributed by atoms with E-state index < -0.39 is 0 Å². The third-order valence-corrected chi connectivity index (χ3v) is 4.06. The highest BCUT2D eigenvalue weighted by Crippen LogP contribution is 2.24. The number of pyridine rings is 1. The molecule has 1 amide bonds. The van der Waals surface area contributed by atoms with E-state index in [0.717, 1.165) is 17.0 Å². The smallest absolute Gasteiger partial charge is 0.257 e. The van der Waals surface area contributed by atoms with Crippen LogP contribution in [0.2, 0.25) is 5.02 Å². The van der Waals surface area contributed by atoms with Crippen molar-refractivity contribution in [2.75, 3.05) is 17.7 Å². The number of methoxy groups -OCH3 is 1. The minimum atomic E-state index is -0.242. The van der Waals surface area contributed by atoms with Crippen LogP contribution < -0.4 is 15.4 Å². The number of benzene rings is 2. The summed E-state index contributed by atoms with van der Waals surface area (Å²) >= 11 is 6.05. The highest BCUT2D eigenvalue weighted by atomic mass is 35.5. The maximum absolute atomic E-state index is 12.5. The van der Waals surface area contributed by atoms with Gasteiger partial charge >= 0.3 is 0 Å². The molecule has 0 atom stereocenters. The van der Waals surface area contributed by atoms with Gasteiger partial charge in [-0.2, -0.15) is 0 Å². The quantitative estimate of drug-likeness (QED) is 0.662. The Morgan fingerprint density at radius 1 is 1.04 bits per heavy atom. The summed E-state index contributed by atoms with van der Waals surface area (Å²) in [6, 6.07) is 14.5. The van der Waals surface area contributed by atoms with Gasteiger partial charge < -0.3 is 15.4 Å². The minimum absolute atomic E-state index is 0.242. The van der Waals surface area contributed by atoms with Gasteiger partial charge in [-0.05, 0) is 55.0 Å². The van der Waals surface area contributed by atoms with Crippen LogP contribution in [0.1, 0.15) is 15.9 Å². The first-order chi connectivity index (χ1) is 12.5. The van der Waals surface area contributed by atoms with E-state index in [1.165, 1.54) is 6.20 Å². The number of hydrogen-bond acceptors (Lipinski definition) is 4. The van der Waals surface area contributed by atoms with Crippen molar-refractivity contribution < 1.29 is 9.53 Å². The van der Waals surface area contributed by atoms with Gasteiger partial charge in [-0.15, -0.1) is 0 Å². The zero-order valence-corrected chi connectivity index (χ0v) is 15.2. The molecule has 6 heteroatoms. The van der Waals surface area contributed by atoms with Gasteiger partial charge in [0.1, 0.15) is 5.75 Å². The summed E-state index contributed by atoms with van der Waals surface area (Å²) in [6.45, 7) is 1.98. The van der Waals surface area contributed by atoms with E-state index in [0.29, 0.717) is 22.0 Å². The van der Waals surface area contributed by atoms with Crippen molar-refractivity contribution in [2.24, 2.45) is 0 Å². The standard InChI is InChI=1S/C20H18ClN3O2/c1-13-3-4-15(21)10-19(13)23-17-9-14(11-22-12-17)20(25)24-16-5-7-18(26-2)8-6-16/h3-12,23H,1-2H3,(H,24,25). The number of carbonyl (C=O) groups excluding carboxylic acids is 1. The van der Waals surface area contributed by atoms with Gasteiger partial charge in [-0.25, -0.2) is 0 Å². The van der Waals surface area contributed by atoms with E-state index in [4.69, 9.17) is 16.3 Å². The molecule has 5 nitrogen and oxygen atoms in total. The van der Waals surface area contributed by atoms with Gasteiger partial charge in [0.25, 0.3) is 5.91 Å². The monoisotopic (exact) mass is 367 g/mol. The van der Waals surface area contributed by atoms with E-state index in [1.807, 2.05) is 25.1 Å². The lowest BCUT2D eigenvalue weighted by Crippen LogP contribution is -2.12. The highest BCUT2D eigenvalue weighted by Gasteiger charge is 2.09. The van der Waals surface area contributed by atoms with Gasteiger partial charge in [0, 0.05) is 22.6 Å². The molecule has 3 aromatic rings. The second-order valence-electron chi connectivity index (χ2n) is 5.73. The number of nitrogens with one attached hydrogen (secondary N) is 2. The molecule has 2 aromatic carbocycles. The molecule has 0 saturated heterocycles. The Hall–Kier alpha value is -3.05. The maximum Gasteiger partial charge on any atom is 0.257 e. The van der Waals surface area contributed by atoms with Crippen molar-refractivity contribution in [1.82, 2.24) is 4.98 Å². The van der Waals surface area contributed by atoms with Gasteiger partial charge in [0.15, 0.2) is 0 Å². The van der Waals surface area contributed by atoms with Crippen LogP contribution in [0.25, 0.3) is 0 Å². The topological polar surface area (TPSA) is 63.2 Å². The van der Waals surface area contributed by atoms with Crippen LogP contribution >= 0.6 is 11.6 Å². The zero-order valence-electron chi connectivity index (χ0n) is 14.4. The van der Waals surface area contributed by atoms with Crippen LogP contribution in [-0.2, 0) is 0 Å². The second kappa shape index (κ2) is 7.89. The van der Waals surface area contributed by atoms with Crippen LogP contribution in [0.3, 0.4) is 0 Å². The molecule has 0 aliphatic carbocycles. The predicted octanol–water partition coefficient (Wildman–Crippen LogP) is 5.05. The van der Waals surface area contributed by atoms with Crippen LogP contribution in [-0.4, -0.2) is 18.0 Å². The van der Waals surface area contributed by atoms with E-state index in [-0.39, 0.29) is 5.91 Å². The van der Waals surface area contributed by atoms with Crippen molar-refractivity contribution in [3.63, 3.8) is 0 Å². The van der Waals surface area contributed by atoms with Crippen LogP contribution in [0.5, 0.6) is 5.75 Å². The number of ether oxygens (including phenoxy) is 1. The van der Waals surface area contributed by atoms with E-state index >= 15 is 0 Å². The summed E-state index contributed by atoms with van der Waals surface area (Å²) in [5.74, 6) is 0.488. The molecule has 0 spiro atoms. The Bertz CT molecular complexity index is 927. The number of carbonyl (C=O) groups is 1. The minimum Gasteiger partial charge on any atom is -0.497 e. The summed E-state index contributed by atoms with van der Waals surface area (Å²) in [6.07, 6.45) is 3.18. The molecular formula is C20H18ClN3O2. The summed E-state index contributed by atoms with van der Waals surface area (Å²) in [4.78, 5) is 16.6. The normalized spacial score (nSPS) is 10.3. The largest absolute Gasteiger partial charge is 0.497 e. The summed E-state index contributed by atoms with van der Waals surface area (Å²) in [7, 11) is 1.60. The lowest BCUT2D eigenvalue weighted by atomic mass is 10.2. The second-order valence-corrected chi connectivity index (χ2v) is 6.17. The first kappa shape index (κ1) is 17.8. The summed E-state index contributed by atoms with van der Waals surface area (Å²) in [5, 5.41) is 6.72. The number of aromatic nitrogens is 1. The molecule has 0 unspecified atom stereocenters. The fraction of sp³-hybridized carbons (Fsp3) is 0.100. The van der Waals surface area contributed by atoms with E-state index in [9.17, 15) is 4.79 Å². The van der Waals surface area contributed by atoms with Crippen molar-refractivity contribution in [3.05, 3.63) is 77.1 Å². The lowest BCUT2D eigenvalue weighted by molar-refractivity contribution is 0.102. The Morgan fingerprint density at radius 2 is 1.81 bits per heavy atom. The molecule has 0 fully saturated rings. The number of aryl methyl sites for hydroxylation is 1. The summed E-state index contributed by atoms with van der Waals surface area (Å²) in [5.41, 5.74) is 3.75. The number of rotatable bonds is 5. The fourth-order valence-electron chi connectivity index (χ4n) is 2.39. The first-order valence-corrected chi connectivity index (χ1v) is 8.36. The summed E-state index contributed by atoms with van der Waals surface area (Å²) < 4.78 is 5.11. The zero-order chi connectivity index (χ0) is 18.5. The molecule has 0 aliphatic heterocycles. The number of hydrogen-bond donors (Lipinski definition) is 2. The molecule has 1 heterocycles.